The van der Waals surface area contributed by atoms with Gasteiger partial charge in [-0.15, -0.1) is 0 Å². The Hall–Kier alpha value is -1.18. The van der Waals surface area contributed by atoms with Gasteiger partial charge < -0.3 is 24.8 Å². The lowest BCUT2D eigenvalue weighted by atomic mass is 10.0. The van der Waals surface area contributed by atoms with E-state index in [0.717, 1.165) is 12.8 Å². The normalized spacial score (nSPS) is 15.4. The van der Waals surface area contributed by atoms with Crippen LogP contribution in [-0.2, 0) is 23.8 Å². The number of rotatable bonds is 19. The van der Waals surface area contributed by atoms with Gasteiger partial charge in [-0.25, -0.2) is 0 Å². The van der Waals surface area contributed by atoms with Crippen molar-refractivity contribution in [2.75, 3.05) is 39.6 Å². The predicted octanol–water partition coefficient (Wildman–Crippen LogP) is 3.55. The molecule has 0 radical (unpaired) electrons. The summed E-state index contributed by atoms with van der Waals surface area (Å²) in [5, 5.41) is 6.02. The molecule has 4 atom stereocenters. The molecule has 0 saturated heterocycles. The van der Waals surface area contributed by atoms with Gasteiger partial charge in [-0.2, -0.15) is 0 Å². The Kier molecular flexibility index (Phi) is 17.7. The van der Waals surface area contributed by atoms with Gasteiger partial charge in [0.2, 0.25) is 11.8 Å². The first-order valence-corrected chi connectivity index (χ1v) is 12.0. The summed E-state index contributed by atoms with van der Waals surface area (Å²) in [4.78, 5) is 23.2. The second-order valence-corrected chi connectivity index (χ2v) is 9.33. The average Bonchev–Trinajstić information content (AvgIpc) is 2.65. The third-order valence-electron chi connectivity index (χ3n) is 4.79. The highest BCUT2D eigenvalue weighted by Crippen LogP contribution is 2.08. The van der Waals surface area contributed by atoms with Gasteiger partial charge in [0.05, 0.1) is 26.4 Å². The van der Waals surface area contributed by atoms with Crippen molar-refractivity contribution in [1.29, 1.82) is 0 Å². The van der Waals surface area contributed by atoms with E-state index >= 15 is 0 Å². The van der Waals surface area contributed by atoms with Gasteiger partial charge in [-0.1, -0.05) is 34.6 Å². The van der Waals surface area contributed by atoms with E-state index in [-0.39, 0.29) is 23.9 Å². The van der Waals surface area contributed by atoms with Gasteiger partial charge in [-0.05, 0) is 44.4 Å². The molecular weight excluding hydrogens is 396 g/mol. The Labute approximate surface area is 190 Å². The van der Waals surface area contributed by atoms with Gasteiger partial charge in [0, 0.05) is 38.1 Å². The molecule has 184 valence electrons. The minimum Gasteiger partial charge on any atom is -0.379 e. The fraction of sp³-hybridized carbons (Fsp3) is 0.917. The maximum Gasteiger partial charge on any atom is 0.220 e. The van der Waals surface area contributed by atoms with E-state index in [0.29, 0.717) is 70.2 Å². The minimum atomic E-state index is 0.0912. The van der Waals surface area contributed by atoms with Crippen molar-refractivity contribution in [2.24, 2.45) is 17.8 Å². The van der Waals surface area contributed by atoms with E-state index in [2.05, 4.69) is 24.5 Å². The van der Waals surface area contributed by atoms with E-state index in [1.807, 2.05) is 34.6 Å². The molecular formula is C24H48N2O5. The zero-order valence-electron chi connectivity index (χ0n) is 21.0. The van der Waals surface area contributed by atoms with Crippen molar-refractivity contribution in [1.82, 2.24) is 10.6 Å². The maximum absolute atomic E-state index is 11.8. The molecule has 31 heavy (non-hydrogen) atoms. The van der Waals surface area contributed by atoms with Crippen molar-refractivity contribution in [3.8, 4) is 0 Å². The second-order valence-electron chi connectivity index (χ2n) is 9.33. The standard InChI is InChI=1S/C24H48N2O5/c1-8-23(27)25-21(6)14-19(4)16-30-11-9-29-10-12-31-17-20(5)15-22(7)26-24(28)13-18(2)3/h18-22H,8-17H2,1-7H3,(H,25,27)(H,26,28). The lowest BCUT2D eigenvalue weighted by Gasteiger charge is -2.19. The van der Waals surface area contributed by atoms with Gasteiger partial charge in [0.1, 0.15) is 0 Å². The summed E-state index contributed by atoms with van der Waals surface area (Å²) in [6.07, 6.45) is 2.90. The van der Waals surface area contributed by atoms with E-state index in [4.69, 9.17) is 14.2 Å². The molecule has 0 fully saturated rings. The highest BCUT2D eigenvalue weighted by atomic mass is 16.5. The molecule has 0 aliphatic rings. The molecule has 0 rings (SSSR count). The summed E-state index contributed by atoms with van der Waals surface area (Å²) in [6.45, 7) is 17.8. The van der Waals surface area contributed by atoms with Crippen LogP contribution in [0.3, 0.4) is 0 Å². The van der Waals surface area contributed by atoms with Crippen molar-refractivity contribution in [2.45, 2.75) is 86.2 Å². The molecule has 0 spiro atoms. The number of amides is 2. The Bertz CT molecular complexity index is 473. The number of nitrogens with one attached hydrogen (secondary N) is 2. The number of carbonyl (C=O) groups excluding carboxylic acids is 2. The average molecular weight is 445 g/mol. The molecule has 0 aromatic rings. The summed E-state index contributed by atoms with van der Waals surface area (Å²) >= 11 is 0. The van der Waals surface area contributed by atoms with Crippen molar-refractivity contribution in [3.63, 3.8) is 0 Å². The van der Waals surface area contributed by atoms with Crippen LogP contribution in [0, 0.1) is 17.8 Å². The lowest BCUT2D eigenvalue weighted by molar-refractivity contribution is -0.123. The van der Waals surface area contributed by atoms with Crippen LogP contribution in [0.2, 0.25) is 0 Å². The molecule has 0 aliphatic carbocycles. The van der Waals surface area contributed by atoms with Crippen LogP contribution in [-0.4, -0.2) is 63.5 Å². The third-order valence-corrected chi connectivity index (χ3v) is 4.79. The first-order valence-electron chi connectivity index (χ1n) is 12.0. The van der Waals surface area contributed by atoms with Crippen molar-refractivity contribution >= 4 is 11.8 Å². The van der Waals surface area contributed by atoms with E-state index < -0.39 is 0 Å². The number of hydrogen-bond donors (Lipinski definition) is 2. The second kappa shape index (κ2) is 18.4. The fourth-order valence-electron chi connectivity index (χ4n) is 3.45. The summed E-state index contributed by atoms with van der Waals surface area (Å²) in [6, 6.07) is 0.327. The minimum absolute atomic E-state index is 0.0912. The molecule has 0 aromatic heterocycles. The number of hydrogen-bond acceptors (Lipinski definition) is 5. The first-order chi connectivity index (χ1) is 14.6. The summed E-state index contributed by atoms with van der Waals surface area (Å²) in [5.41, 5.74) is 0. The summed E-state index contributed by atoms with van der Waals surface area (Å²) < 4.78 is 16.9. The number of carbonyl (C=O) groups is 2. The summed E-state index contributed by atoms with van der Waals surface area (Å²) in [7, 11) is 0. The molecule has 0 saturated carbocycles. The molecule has 7 nitrogen and oxygen atoms in total. The fourth-order valence-corrected chi connectivity index (χ4v) is 3.45. The van der Waals surface area contributed by atoms with E-state index in [1.54, 1.807) is 0 Å². The van der Waals surface area contributed by atoms with Crippen LogP contribution in [0.1, 0.15) is 74.1 Å². The monoisotopic (exact) mass is 444 g/mol. The topological polar surface area (TPSA) is 85.9 Å². The van der Waals surface area contributed by atoms with E-state index in [9.17, 15) is 9.59 Å². The smallest absolute Gasteiger partial charge is 0.220 e. The quantitative estimate of drug-likeness (QED) is 0.298. The summed E-state index contributed by atoms with van der Waals surface area (Å²) in [5.74, 6) is 1.36. The SMILES string of the molecule is CCC(=O)NC(C)CC(C)COCCOCCOCC(C)CC(C)NC(=O)CC(C)C. The maximum atomic E-state index is 11.8. The lowest BCUT2D eigenvalue weighted by Crippen LogP contribution is -2.34. The Morgan fingerprint density at radius 2 is 1.10 bits per heavy atom. The van der Waals surface area contributed by atoms with Crippen LogP contribution < -0.4 is 10.6 Å². The Balaban J connectivity index is 3.58. The van der Waals surface area contributed by atoms with Gasteiger partial charge >= 0.3 is 0 Å². The Morgan fingerprint density at radius 3 is 1.52 bits per heavy atom. The predicted molar refractivity (Wildman–Crippen MR) is 125 cm³/mol. The van der Waals surface area contributed by atoms with Crippen LogP contribution >= 0.6 is 0 Å². The van der Waals surface area contributed by atoms with Gasteiger partial charge in [-0.3, -0.25) is 9.59 Å². The third kappa shape index (κ3) is 19.2. The first kappa shape index (κ1) is 29.8. The molecule has 4 unspecified atom stereocenters. The van der Waals surface area contributed by atoms with Gasteiger partial charge in [0.15, 0.2) is 0 Å². The van der Waals surface area contributed by atoms with Crippen LogP contribution in [0.5, 0.6) is 0 Å². The Morgan fingerprint density at radius 1 is 0.677 bits per heavy atom. The van der Waals surface area contributed by atoms with E-state index in [1.165, 1.54) is 0 Å². The molecule has 0 heterocycles. The number of ether oxygens (including phenoxy) is 3. The molecule has 7 heteroatoms. The van der Waals surface area contributed by atoms with Crippen molar-refractivity contribution < 1.29 is 23.8 Å². The molecule has 0 aromatic carbocycles. The zero-order chi connectivity index (χ0) is 23.6. The highest BCUT2D eigenvalue weighted by Gasteiger charge is 2.13. The zero-order valence-corrected chi connectivity index (χ0v) is 21.0. The molecule has 0 bridgehead atoms. The van der Waals surface area contributed by atoms with Crippen molar-refractivity contribution in [3.05, 3.63) is 0 Å². The molecule has 2 amide bonds. The van der Waals surface area contributed by atoms with Gasteiger partial charge in [0.25, 0.3) is 0 Å². The van der Waals surface area contributed by atoms with Crippen LogP contribution in [0.25, 0.3) is 0 Å². The molecule has 0 aliphatic heterocycles. The molecule has 2 N–H and O–H groups in total. The van der Waals surface area contributed by atoms with Crippen LogP contribution in [0.15, 0.2) is 0 Å². The highest BCUT2D eigenvalue weighted by molar-refractivity contribution is 5.76. The van der Waals surface area contributed by atoms with Crippen LogP contribution in [0.4, 0.5) is 0 Å². The largest absolute Gasteiger partial charge is 0.379 e.